The third-order valence-electron chi connectivity index (χ3n) is 2.40. The molecule has 0 atom stereocenters. The fourth-order valence-corrected chi connectivity index (χ4v) is 2.54. The fraction of sp³-hybridized carbons (Fsp3) is 0. The summed E-state index contributed by atoms with van der Waals surface area (Å²) in [6.07, 6.45) is 0. The molecule has 0 aromatic heterocycles. The quantitative estimate of drug-likeness (QED) is 0.565. The van der Waals surface area contributed by atoms with Crippen molar-refractivity contribution in [2.24, 2.45) is 5.73 Å². The Morgan fingerprint density at radius 2 is 1.90 bits per heavy atom. The van der Waals surface area contributed by atoms with Crippen molar-refractivity contribution in [1.82, 2.24) is 0 Å². The molecule has 2 rings (SSSR count). The minimum Gasteiger partial charge on any atom is -0.455 e. The van der Waals surface area contributed by atoms with E-state index in [-0.39, 0.29) is 15.8 Å². The van der Waals surface area contributed by atoms with Gasteiger partial charge in [-0.25, -0.2) is 4.39 Å². The second-order valence-corrected chi connectivity index (χ2v) is 5.94. The van der Waals surface area contributed by atoms with E-state index in [1.165, 1.54) is 6.07 Å². The van der Waals surface area contributed by atoms with Crippen molar-refractivity contribution >= 4 is 56.3 Å². The highest BCUT2D eigenvalue weighted by Crippen LogP contribution is 2.35. The van der Waals surface area contributed by atoms with E-state index >= 15 is 0 Å². The first kappa shape index (κ1) is 15.5. The lowest BCUT2D eigenvalue weighted by Crippen LogP contribution is -2.10. The zero-order valence-corrected chi connectivity index (χ0v) is 13.7. The average Bonchev–Trinajstić information content (AvgIpc) is 2.35. The molecule has 20 heavy (non-hydrogen) atoms. The summed E-state index contributed by atoms with van der Waals surface area (Å²) < 4.78 is 19.6. The van der Waals surface area contributed by atoms with Gasteiger partial charge in [0.15, 0.2) is 0 Å². The highest BCUT2D eigenvalue weighted by molar-refractivity contribution is 9.10. The summed E-state index contributed by atoms with van der Waals surface area (Å²) >= 11 is 19.8. The van der Waals surface area contributed by atoms with Crippen molar-refractivity contribution in [3.63, 3.8) is 0 Å². The van der Waals surface area contributed by atoms with Gasteiger partial charge in [-0.2, -0.15) is 0 Å². The molecule has 0 aliphatic carbocycles. The van der Waals surface area contributed by atoms with Crippen molar-refractivity contribution < 1.29 is 9.13 Å². The van der Waals surface area contributed by atoms with Crippen LogP contribution in [0.2, 0.25) is 10.0 Å². The molecule has 0 spiro atoms. The van der Waals surface area contributed by atoms with Crippen molar-refractivity contribution in [3.8, 4) is 11.5 Å². The molecular formula is C13H7BrCl2FNOS. The Kier molecular flexibility index (Phi) is 4.86. The van der Waals surface area contributed by atoms with E-state index in [0.717, 1.165) is 6.07 Å². The smallest absolute Gasteiger partial charge is 0.145 e. The molecule has 0 saturated heterocycles. The van der Waals surface area contributed by atoms with Gasteiger partial charge in [0, 0.05) is 17.2 Å². The van der Waals surface area contributed by atoms with Crippen LogP contribution in [0.25, 0.3) is 0 Å². The molecule has 104 valence electrons. The highest BCUT2D eigenvalue weighted by Gasteiger charge is 2.13. The van der Waals surface area contributed by atoms with E-state index in [1.807, 2.05) is 0 Å². The minimum absolute atomic E-state index is 0.00936. The normalized spacial score (nSPS) is 10.4. The number of benzene rings is 2. The van der Waals surface area contributed by atoms with Crippen LogP contribution >= 0.6 is 51.3 Å². The van der Waals surface area contributed by atoms with E-state index in [4.69, 9.17) is 45.9 Å². The van der Waals surface area contributed by atoms with Gasteiger partial charge in [0.2, 0.25) is 0 Å². The van der Waals surface area contributed by atoms with E-state index in [9.17, 15) is 4.39 Å². The summed E-state index contributed by atoms with van der Waals surface area (Å²) in [5, 5.41) is 0.440. The standard InChI is InChI=1S/C13H7BrCl2FNOS/c14-8-4-9(16)10(17)5-12(8)19-11-3-6(15)1-2-7(11)13(18)20/h1-5H,(H2,18,20). The van der Waals surface area contributed by atoms with Gasteiger partial charge in [0.25, 0.3) is 0 Å². The number of rotatable bonds is 3. The number of hydrogen-bond acceptors (Lipinski definition) is 2. The van der Waals surface area contributed by atoms with Gasteiger partial charge < -0.3 is 10.5 Å². The zero-order valence-electron chi connectivity index (χ0n) is 9.79. The van der Waals surface area contributed by atoms with E-state index in [2.05, 4.69) is 15.9 Å². The molecule has 0 aliphatic heterocycles. The lowest BCUT2D eigenvalue weighted by molar-refractivity contribution is 0.473. The molecule has 0 bridgehead atoms. The topological polar surface area (TPSA) is 35.2 Å². The Morgan fingerprint density at radius 1 is 1.20 bits per heavy atom. The zero-order chi connectivity index (χ0) is 14.9. The molecule has 0 radical (unpaired) electrons. The maximum atomic E-state index is 13.5. The Morgan fingerprint density at radius 3 is 2.55 bits per heavy atom. The molecule has 0 amide bonds. The maximum Gasteiger partial charge on any atom is 0.145 e. The Hall–Kier alpha value is -0.880. The highest BCUT2D eigenvalue weighted by atomic mass is 79.9. The van der Waals surface area contributed by atoms with Crippen molar-refractivity contribution in [3.05, 3.63) is 56.2 Å². The second kappa shape index (κ2) is 6.26. The van der Waals surface area contributed by atoms with Gasteiger partial charge in [-0.3, -0.25) is 0 Å². The molecule has 7 heteroatoms. The van der Waals surface area contributed by atoms with Crippen LogP contribution in [0, 0.1) is 5.82 Å². The average molecular weight is 395 g/mol. The molecule has 0 saturated carbocycles. The van der Waals surface area contributed by atoms with Gasteiger partial charge in [-0.15, -0.1) is 0 Å². The first-order valence-electron chi connectivity index (χ1n) is 5.30. The molecule has 2 nitrogen and oxygen atoms in total. The summed E-state index contributed by atoms with van der Waals surface area (Å²) in [5.74, 6) is -0.0112. The molecule has 0 aliphatic rings. The molecular weight excluding hydrogens is 388 g/mol. The van der Waals surface area contributed by atoms with Crippen LogP contribution in [-0.4, -0.2) is 4.99 Å². The van der Waals surface area contributed by atoms with Crippen LogP contribution < -0.4 is 10.5 Å². The minimum atomic E-state index is -0.594. The summed E-state index contributed by atoms with van der Waals surface area (Å²) in [6.45, 7) is 0. The SMILES string of the molecule is NC(=S)c1ccc(Cl)cc1Oc1cc(F)c(Cl)cc1Br. The van der Waals surface area contributed by atoms with Crippen LogP contribution in [-0.2, 0) is 0 Å². The third-order valence-corrected chi connectivity index (χ3v) is 3.77. The van der Waals surface area contributed by atoms with Crippen LogP contribution in [0.1, 0.15) is 5.56 Å². The van der Waals surface area contributed by atoms with Crippen molar-refractivity contribution in [2.45, 2.75) is 0 Å². The Labute approximate surface area is 138 Å². The van der Waals surface area contributed by atoms with Crippen LogP contribution in [0.3, 0.4) is 0 Å². The fourth-order valence-electron chi connectivity index (χ4n) is 1.49. The number of halogens is 4. The summed E-state index contributed by atoms with van der Waals surface area (Å²) in [7, 11) is 0. The van der Waals surface area contributed by atoms with Crippen molar-refractivity contribution in [2.75, 3.05) is 0 Å². The van der Waals surface area contributed by atoms with E-state index in [0.29, 0.717) is 20.8 Å². The number of thiocarbonyl (C=S) groups is 1. The molecule has 2 aromatic rings. The summed E-state index contributed by atoms with van der Waals surface area (Å²) in [4.78, 5) is 0.155. The lowest BCUT2D eigenvalue weighted by atomic mass is 10.2. The summed E-state index contributed by atoms with van der Waals surface area (Å²) in [5.41, 5.74) is 6.12. The summed E-state index contributed by atoms with van der Waals surface area (Å²) in [6, 6.07) is 7.39. The predicted octanol–water partition coefficient (Wildman–Crippen LogP) is 5.32. The first-order valence-corrected chi connectivity index (χ1v) is 7.26. The predicted molar refractivity (Wildman–Crippen MR) is 86.5 cm³/mol. The Balaban J connectivity index is 2.47. The van der Waals surface area contributed by atoms with Gasteiger partial charge in [0.1, 0.15) is 22.3 Å². The van der Waals surface area contributed by atoms with E-state index < -0.39 is 5.82 Å². The number of hydrogen-bond donors (Lipinski definition) is 1. The molecule has 2 aromatic carbocycles. The molecule has 2 N–H and O–H groups in total. The monoisotopic (exact) mass is 393 g/mol. The largest absolute Gasteiger partial charge is 0.455 e. The van der Waals surface area contributed by atoms with Crippen molar-refractivity contribution in [1.29, 1.82) is 0 Å². The van der Waals surface area contributed by atoms with Gasteiger partial charge >= 0.3 is 0 Å². The maximum absolute atomic E-state index is 13.5. The molecule has 0 unspecified atom stereocenters. The third kappa shape index (κ3) is 3.41. The molecule has 0 heterocycles. The van der Waals surface area contributed by atoms with Crippen LogP contribution in [0.15, 0.2) is 34.8 Å². The first-order chi connectivity index (χ1) is 9.38. The van der Waals surface area contributed by atoms with Gasteiger partial charge in [-0.1, -0.05) is 35.4 Å². The molecule has 0 fully saturated rings. The number of ether oxygens (including phenoxy) is 1. The van der Waals surface area contributed by atoms with Gasteiger partial charge in [-0.05, 0) is 34.1 Å². The number of nitrogens with two attached hydrogens (primary N) is 1. The van der Waals surface area contributed by atoms with Crippen LogP contribution in [0.4, 0.5) is 4.39 Å². The van der Waals surface area contributed by atoms with Crippen LogP contribution in [0.5, 0.6) is 11.5 Å². The van der Waals surface area contributed by atoms with Gasteiger partial charge in [0.05, 0.1) is 15.1 Å². The lowest BCUT2D eigenvalue weighted by Gasteiger charge is -2.12. The Bertz CT molecular complexity index is 696. The van der Waals surface area contributed by atoms with E-state index in [1.54, 1.807) is 18.2 Å². The second-order valence-electron chi connectivity index (χ2n) is 3.80.